The van der Waals surface area contributed by atoms with E-state index in [1.165, 1.54) is 0 Å². The van der Waals surface area contributed by atoms with Crippen LogP contribution in [0.3, 0.4) is 0 Å². The third-order valence-electron chi connectivity index (χ3n) is 2.98. The first-order valence-corrected chi connectivity index (χ1v) is 6.05. The van der Waals surface area contributed by atoms with Crippen LogP contribution in [-0.2, 0) is 10.3 Å². The maximum atomic E-state index is 5.70. The van der Waals surface area contributed by atoms with Gasteiger partial charge in [0, 0.05) is 18.9 Å². The number of rotatable bonds is 4. The molecule has 0 unspecified atom stereocenters. The number of nitrogens with two attached hydrogens (primary N) is 1. The molecule has 0 amide bonds. The van der Waals surface area contributed by atoms with Gasteiger partial charge in [-0.25, -0.2) is 0 Å². The van der Waals surface area contributed by atoms with Crippen molar-refractivity contribution in [3.8, 4) is 11.4 Å². The quantitative estimate of drug-likeness (QED) is 0.907. The highest BCUT2D eigenvalue weighted by molar-refractivity contribution is 5.54. The molecule has 19 heavy (non-hydrogen) atoms. The predicted molar refractivity (Wildman–Crippen MR) is 70.2 cm³/mol. The fraction of sp³-hybridized carbons (Fsp3) is 0.462. The van der Waals surface area contributed by atoms with E-state index in [0.29, 0.717) is 11.7 Å². The second-order valence-electron chi connectivity index (χ2n) is 4.89. The molecular weight excluding hydrogens is 244 g/mol. The number of hydrogen-bond donors (Lipinski definition) is 1. The van der Waals surface area contributed by atoms with Crippen LogP contribution >= 0.6 is 0 Å². The summed E-state index contributed by atoms with van der Waals surface area (Å²) in [6.07, 6.45) is 1.70. The summed E-state index contributed by atoms with van der Waals surface area (Å²) >= 11 is 0. The molecule has 0 bridgehead atoms. The van der Waals surface area contributed by atoms with Gasteiger partial charge in [0.25, 0.3) is 0 Å². The van der Waals surface area contributed by atoms with Gasteiger partial charge in [-0.1, -0.05) is 5.16 Å². The second-order valence-corrected chi connectivity index (χ2v) is 4.89. The summed E-state index contributed by atoms with van der Waals surface area (Å²) in [6, 6.07) is 3.43. The lowest BCUT2D eigenvalue weighted by Gasteiger charge is -2.22. The molecule has 0 spiro atoms. The first-order chi connectivity index (χ1) is 8.94. The third-order valence-corrected chi connectivity index (χ3v) is 2.98. The van der Waals surface area contributed by atoms with Gasteiger partial charge in [-0.2, -0.15) is 4.98 Å². The highest BCUT2D eigenvalue weighted by Crippen LogP contribution is 2.25. The lowest BCUT2D eigenvalue weighted by atomic mass is 10.0. The Balaban J connectivity index is 2.37. The van der Waals surface area contributed by atoms with Crippen molar-refractivity contribution in [2.45, 2.75) is 32.4 Å². The molecule has 2 aromatic heterocycles. The van der Waals surface area contributed by atoms with Crippen LogP contribution in [0.1, 0.15) is 38.4 Å². The normalized spacial score (nSPS) is 13.5. The average molecular weight is 262 g/mol. The standard InChI is InChI=1S/C13H18N4O2/c1-8(14)12-16-11(17-19-12)9-5-6-15-10(7-9)13(2,3)18-4/h5-8H,14H2,1-4H3/t8-/m0/s1. The fourth-order valence-corrected chi connectivity index (χ4v) is 1.54. The maximum absolute atomic E-state index is 5.70. The maximum Gasteiger partial charge on any atom is 0.243 e. The monoisotopic (exact) mass is 262 g/mol. The van der Waals surface area contributed by atoms with E-state index in [4.69, 9.17) is 15.0 Å². The molecule has 0 saturated carbocycles. The Labute approximate surface area is 112 Å². The molecule has 2 N–H and O–H groups in total. The molecule has 1 atom stereocenters. The number of methoxy groups -OCH3 is 1. The number of hydrogen-bond acceptors (Lipinski definition) is 6. The second kappa shape index (κ2) is 5.07. The van der Waals surface area contributed by atoms with Gasteiger partial charge >= 0.3 is 0 Å². The van der Waals surface area contributed by atoms with E-state index in [1.54, 1.807) is 20.2 Å². The number of pyridine rings is 1. The van der Waals surface area contributed by atoms with Crippen molar-refractivity contribution in [1.29, 1.82) is 0 Å². The van der Waals surface area contributed by atoms with E-state index in [2.05, 4.69) is 15.1 Å². The average Bonchev–Trinajstić information content (AvgIpc) is 2.89. The zero-order valence-corrected chi connectivity index (χ0v) is 11.5. The van der Waals surface area contributed by atoms with E-state index in [1.807, 2.05) is 26.0 Å². The SMILES string of the molecule is COC(C)(C)c1cc(-c2noc([C@H](C)N)n2)ccn1. The van der Waals surface area contributed by atoms with E-state index in [0.717, 1.165) is 11.3 Å². The summed E-state index contributed by atoms with van der Waals surface area (Å²) in [4.78, 5) is 8.57. The molecule has 0 aromatic carbocycles. The number of nitrogens with zero attached hydrogens (tertiary/aromatic N) is 3. The van der Waals surface area contributed by atoms with Gasteiger partial charge in [0.15, 0.2) is 0 Å². The zero-order valence-electron chi connectivity index (χ0n) is 11.5. The molecule has 0 fully saturated rings. The van der Waals surface area contributed by atoms with Crippen LogP contribution in [0.2, 0.25) is 0 Å². The van der Waals surface area contributed by atoms with Crippen molar-refractivity contribution in [3.63, 3.8) is 0 Å². The molecule has 102 valence electrons. The highest BCUT2D eigenvalue weighted by Gasteiger charge is 2.22. The lowest BCUT2D eigenvalue weighted by molar-refractivity contribution is 0.0155. The largest absolute Gasteiger partial charge is 0.373 e. The van der Waals surface area contributed by atoms with Crippen LogP contribution in [0, 0.1) is 0 Å². The Hall–Kier alpha value is -1.79. The highest BCUT2D eigenvalue weighted by atomic mass is 16.5. The molecule has 0 saturated heterocycles. The smallest absolute Gasteiger partial charge is 0.243 e. The van der Waals surface area contributed by atoms with Gasteiger partial charge in [0.1, 0.15) is 5.60 Å². The Kier molecular flexibility index (Phi) is 3.64. The summed E-state index contributed by atoms with van der Waals surface area (Å²) < 4.78 is 10.5. The van der Waals surface area contributed by atoms with Gasteiger partial charge < -0.3 is 15.0 Å². The Bertz CT molecular complexity index is 563. The first-order valence-electron chi connectivity index (χ1n) is 6.05. The summed E-state index contributed by atoms with van der Waals surface area (Å²) in [6.45, 7) is 5.69. The zero-order chi connectivity index (χ0) is 14.0. The van der Waals surface area contributed by atoms with Crippen LogP contribution in [0.4, 0.5) is 0 Å². The molecule has 0 aliphatic heterocycles. The molecular formula is C13H18N4O2. The summed E-state index contributed by atoms with van der Waals surface area (Å²) in [5.41, 5.74) is 6.86. The minimum atomic E-state index is -0.469. The van der Waals surface area contributed by atoms with Crippen LogP contribution in [0.15, 0.2) is 22.9 Å². The van der Waals surface area contributed by atoms with Crippen molar-refractivity contribution in [3.05, 3.63) is 29.9 Å². The van der Waals surface area contributed by atoms with Crippen LogP contribution in [0.5, 0.6) is 0 Å². The lowest BCUT2D eigenvalue weighted by Crippen LogP contribution is -2.21. The first kappa shape index (κ1) is 13.6. The fourth-order valence-electron chi connectivity index (χ4n) is 1.54. The van der Waals surface area contributed by atoms with Gasteiger partial charge in [0.05, 0.1) is 11.7 Å². The van der Waals surface area contributed by atoms with Crippen molar-refractivity contribution < 1.29 is 9.26 Å². The summed E-state index contributed by atoms with van der Waals surface area (Å²) in [7, 11) is 1.65. The molecule has 2 aromatic rings. The van der Waals surface area contributed by atoms with Gasteiger partial charge in [0.2, 0.25) is 11.7 Å². The van der Waals surface area contributed by atoms with E-state index >= 15 is 0 Å². The minimum Gasteiger partial charge on any atom is -0.373 e. The third kappa shape index (κ3) is 2.80. The van der Waals surface area contributed by atoms with Gasteiger partial charge in [-0.05, 0) is 32.9 Å². The Morgan fingerprint density at radius 1 is 1.42 bits per heavy atom. The van der Waals surface area contributed by atoms with Crippen molar-refractivity contribution >= 4 is 0 Å². The Morgan fingerprint density at radius 2 is 2.16 bits per heavy atom. The number of ether oxygens (including phenoxy) is 1. The summed E-state index contributed by atoms with van der Waals surface area (Å²) in [5.74, 6) is 0.919. The molecule has 2 heterocycles. The Morgan fingerprint density at radius 3 is 2.74 bits per heavy atom. The predicted octanol–water partition coefficient (Wildman–Crippen LogP) is 2.03. The number of aromatic nitrogens is 3. The van der Waals surface area contributed by atoms with Crippen LogP contribution in [-0.4, -0.2) is 22.2 Å². The molecule has 2 rings (SSSR count). The van der Waals surface area contributed by atoms with Gasteiger partial charge in [-0.3, -0.25) is 4.98 Å². The van der Waals surface area contributed by atoms with Crippen molar-refractivity contribution in [1.82, 2.24) is 15.1 Å². The van der Waals surface area contributed by atoms with Crippen LogP contribution < -0.4 is 5.73 Å². The molecule has 6 heteroatoms. The molecule has 0 radical (unpaired) electrons. The molecule has 0 aliphatic rings. The molecule has 0 aliphatic carbocycles. The van der Waals surface area contributed by atoms with Gasteiger partial charge in [-0.15, -0.1) is 0 Å². The van der Waals surface area contributed by atoms with Crippen LogP contribution in [0.25, 0.3) is 11.4 Å². The molecule has 6 nitrogen and oxygen atoms in total. The minimum absolute atomic E-state index is 0.280. The van der Waals surface area contributed by atoms with E-state index in [-0.39, 0.29) is 6.04 Å². The summed E-state index contributed by atoms with van der Waals surface area (Å²) in [5, 5.41) is 3.92. The van der Waals surface area contributed by atoms with Crippen molar-refractivity contribution in [2.24, 2.45) is 5.73 Å². The van der Waals surface area contributed by atoms with Crippen molar-refractivity contribution in [2.75, 3.05) is 7.11 Å². The van der Waals surface area contributed by atoms with E-state index in [9.17, 15) is 0 Å². The van der Waals surface area contributed by atoms with E-state index < -0.39 is 5.60 Å². The topological polar surface area (TPSA) is 87.1 Å².